The average Bonchev–Trinajstić information content (AvgIpc) is 2.36. The Labute approximate surface area is 133 Å². The lowest BCUT2D eigenvalue weighted by Gasteiger charge is -2.26. The summed E-state index contributed by atoms with van der Waals surface area (Å²) < 4.78 is 13.4. The molecule has 0 spiro atoms. The second-order valence-electron chi connectivity index (χ2n) is 4.83. The van der Waals surface area contributed by atoms with Gasteiger partial charge in [-0.05, 0) is 37.8 Å². The van der Waals surface area contributed by atoms with E-state index < -0.39 is 5.82 Å². The van der Waals surface area contributed by atoms with Crippen LogP contribution in [-0.2, 0) is 0 Å². The third kappa shape index (κ3) is 4.22. The number of amides is 1. The molecular weight excluding hydrogens is 326 g/mol. The van der Waals surface area contributed by atoms with E-state index in [9.17, 15) is 9.18 Å². The Hall–Kier alpha value is -0.550. The number of hydrogen-bond donors (Lipinski definition) is 2. The summed E-state index contributed by atoms with van der Waals surface area (Å²) in [5.74, 6) is -1.03. The molecule has 1 saturated carbocycles. The summed E-state index contributed by atoms with van der Waals surface area (Å²) in [5, 5.41) is 2.91. The van der Waals surface area contributed by atoms with Crippen LogP contribution in [0.3, 0.4) is 0 Å². The van der Waals surface area contributed by atoms with E-state index in [-0.39, 0.29) is 46.0 Å². The summed E-state index contributed by atoms with van der Waals surface area (Å²) in [5.41, 5.74) is 5.91. The van der Waals surface area contributed by atoms with Gasteiger partial charge in [-0.3, -0.25) is 4.79 Å². The van der Waals surface area contributed by atoms with Crippen molar-refractivity contribution < 1.29 is 9.18 Å². The Morgan fingerprint density at radius 2 is 1.80 bits per heavy atom. The van der Waals surface area contributed by atoms with Crippen LogP contribution in [0.15, 0.2) is 12.1 Å². The Balaban J connectivity index is 0.00000200. The second-order valence-corrected chi connectivity index (χ2v) is 5.65. The van der Waals surface area contributed by atoms with Crippen LogP contribution in [-0.4, -0.2) is 18.0 Å². The Bertz CT molecular complexity index is 491. The second kappa shape index (κ2) is 7.46. The van der Waals surface area contributed by atoms with Crippen molar-refractivity contribution in [2.75, 3.05) is 0 Å². The Kier molecular flexibility index (Phi) is 6.52. The Morgan fingerprint density at radius 3 is 2.40 bits per heavy atom. The fourth-order valence-electron chi connectivity index (χ4n) is 2.22. The third-order valence-electron chi connectivity index (χ3n) is 3.36. The summed E-state index contributed by atoms with van der Waals surface area (Å²) in [7, 11) is 0. The van der Waals surface area contributed by atoms with E-state index in [0.717, 1.165) is 31.7 Å². The van der Waals surface area contributed by atoms with Crippen LogP contribution < -0.4 is 11.1 Å². The highest BCUT2D eigenvalue weighted by atomic mass is 35.5. The summed E-state index contributed by atoms with van der Waals surface area (Å²) in [4.78, 5) is 12.0. The zero-order valence-corrected chi connectivity index (χ0v) is 13.0. The van der Waals surface area contributed by atoms with Crippen LogP contribution in [0, 0.1) is 5.82 Å². The van der Waals surface area contributed by atoms with Crippen LogP contribution >= 0.6 is 35.6 Å². The quantitative estimate of drug-likeness (QED) is 0.808. The summed E-state index contributed by atoms with van der Waals surface area (Å²) in [6.07, 6.45) is 3.43. The van der Waals surface area contributed by atoms with Crippen LogP contribution in [0.25, 0.3) is 0 Å². The highest BCUT2D eigenvalue weighted by Crippen LogP contribution is 2.25. The summed E-state index contributed by atoms with van der Waals surface area (Å²) in [6.45, 7) is 0. The molecule has 2 rings (SSSR count). The number of halogens is 4. The van der Waals surface area contributed by atoms with Gasteiger partial charge in [0.05, 0.1) is 15.6 Å². The molecule has 0 aliphatic heterocycles. The van der Waals surface area contributed by atoms with Gasteiger partial charge >= 0.3 is 0 Å². The van der Waals surface area contributed by atoms with Crippen molar-refractivity contribution in [2.24, 2.45) is 5.73 Å². The lowest BCUT2D eigenvalue weighted by Crippen LogP contribution is -2.40. The molecule has 1 aliphatic carbocycles. The number of carbonyl (C=O) groups excluding carboxylic acids is 1. The normalized spacial score (nSPS) is 22.0. The lowest BCUT2D eigenvalue weighted by molar-refractivity contribution is 0.0925. The monoisotopic (exact) mass is 340 g/mol. The van der Waals surface area contributed by atoms with Crippen molar-refractivity contribution in [3.63, 3.8) is 0 Å². The number of hydrogen-bond acceptors (Lipinski definition) is 2. The number of carbonyl (C=O) groups is 1. The number of benzene rings is 1. The zero-order valence-electron chi connectivity index (χ0n) is 10.7. The van der Waals surface area contributed by atoms with E-state index in [1.165, 1.54) is 6.07 Å². The van der Waals surface area contributed by atoms with Crippen molar-refractivity contribution in [3.05, 3.63) is 33.6 Å². The summed E-state index contributed by atoms with van der Waals surface area (Å²) >= 11 is 11.5. The van der Waals surface area contributed by atoms with Gasteiger partial charge in [-0.25, -0.2) is 4.39 Å². The summed E-state index contributed by atoms with van der Waals surface area (Å²) in [6, 6.07) is 2.59. The van der Waals surface area contributed by atoms with Gasteiger partial charge in [-0.15, -0.1) is 12.4 Å². The molecule has 0 atom stereocenters. The highest BCUT2D eigenvalue weighted by Gasteiger charge is 2.22. The minimum absolute atomic E-state index is 0. The van der Waals surface area contributed by atoms with E-state index >= 15 is 0 Å². The van der Waals surface area contributed by atoms with Crippen LogP contribution in [0.1, 0.15) is 36.0 Å². The molecule has 1 amide bonds. The van der Waals surface area contributed by atoms with Crippen molar-refractivity contribution in [1.82, 2.24) is 5.32 Å². The lowest BCUT2D eigenvalue weighted by atomic mass is 9.91. The van der Waals surface area contributed by atoms with Crippen molar-refractivity contribution >= 4 is 41.5 Å². The molecule has 1 fully saturated rings. The van der Waals surface area contributed by atoms with E-state index in [1.54, 1.807) is 0 Å². The highest BCUT2D eigenvalue weighted by molar-refractivity contribution is 6.36. The molecule has 1 aromatic carbocycles. The van der Waals surface area contributed by atoms with Gasteiger partial charge in [0.2, 0.25) is 0 Å². The minimum atomic E-state index is -0.651. The first-order valence-corrected chi connectivity index (χ1v) is 6.94. The van der Waals surface area contributed by atoms with E-state index in [0.29, 0.717) is 0 Å². The molecule has 0 saturated heterocycles. The largest absolute Gasteiger partial charge is 0.349 e. The van der Waals surface area contributed by atoms with Crippen LogP contribution in [0.4, 0.5) is 4.39 Å². The first kappa shape index (κ1) is 17.5. The first-order chi connectivity index (χ1) is 8.97. The van der Waals surface area contributed by atoms with Gasteiger partial charge in [0.25, 0.3) is 5.91 Å². The minimum Gasteiger partial charge on any atom is -0.349 e. The average molecular weight is 342 g/mol. The van der Waals surface area contributed by atoms with Gasteiger partial charge in [0, 0.05) is 12.1 Å². The van der Waals surface area contributed by atoms with E-state index in [1.807, 2.05) is 0 Å². The van der Waals surface area contributed by atoms with Gasteiger partial charge in [-0.1, -0.05) is 23.2 Å². The predicted molar refractivity (Wildman–Crippen MR) is 81.4 cm³/mol. The molecule has 0 bridgehead atoms. The van der Waals surface area contributed by atoms with Crippen molar-refractivity contribution in [3.8, 4) is 0 Å². The maximum atomic E-state index is 13.4. The fourth-order valence-corrected chi connectivity index (χ4v) is 2.69. The molecule has 1 aromatic rings. The topological polar surface area (TPSA) is 55.1 Å². The molecule has 7 heteroatoms. The van der Waals surface area contributed by atoms with Gasteiger partial charge < -0.3 is 11.1 Å². The molecule has 1 aliphatic rings. The van der Waals surface area contributed by atoms with Gasteiger partial charge in [-0.2, -0.15) is 0 Å². The SMILES string of the molecule is Cl.NC1CCC(NC(=O)c2cc(F)c(Cl)cc2Cl)CC1. The number of rotatable bonds is 2. The number of nitrogens with one attached hydrogen (secondary N) is 1. The molecule has 3 N–H and O–H groups in total. The molecule has 20 heavy (non-hydrogen) atoms. The van der Waals surface area contributed by atoms with Gasteiger partial charge in [0.1, 0.15) is 5.82 Å². The third-order valence-corrected chi connectivity index (χ3v) is 3.96. The van der Waals surface area contributed by atoms with Crippen molar-refractivity contribution in [2.45, 2.75) is 37.8 Å². The smallest absolute Gasteiger partial charge is 0.253 e. The predicted octanol–water partition coefficient (Wildman–Crippen LogP) is 3.55. The van der Waals surface area contributed by atoms with Crippen LogP contribution in [0.2, 0.25) is 10.0 Å². The van der Waals surface area contributed by atoms with Crippen molar-refractivity contribution in [1.29, 1.82) is 0 Å². The molecule has 0 heterocycles. The van der Waals surface area contributed by atoms with Crippen LogP contribution in [0.5, 0.6) is 0 Å². The maximum Gasteiger partial charge on any atom is 0.253 e. The fraction of sp³-hybridized carbons (Fsp3) is 0.462. The molecular formula is C13H16Cl3FN2O. The van der Waals surface area contributed by atoms with E-state index in [4.69, 9.17) is 28.9 Å². The first-order valence-electron chi connectivity index (χ1n) is 6.18. The molecule has 3 nitrogen and oxygen atoms in total. The van der Waals surface area contributed by atoms with Gasteiger partial charge in [0.15, 0.2) is 0 Å². The Morgan fingerprint density at radius 1 is 1.20 bits per heavy atom. The zero-order chi connectivity index (χ0) is 14.0. The number of nitrogens with two attached hydrogens (primary N) is 1. The molecule has 112 valence electrons. The molecule has 0 unspecified atom stereocenters. The standard InChI is InChI=1S/C13H15Cl2FN2O.ClH/c14-10-6-11(15)12(16)5-9(10)13(19)18-8-3-1-7(17)2-4-8;/h5-8H,1-4,17H2,(H,18,19);1H. The maximum absolute atomic E-state index is 13.4. The molecule has 0 radical (unpaired) electrons. The molecule has 0 aromatic heterocycles. The van der Waals surface area contributed by atoms with E-state index in [2.05, 4.69) is 5.32 Å².